The second-order valence-electron chi connectivity index (χ2n) is 4.06. The summed E-state index contributed by atoms with van der Waals surface area (Å²) in [6.07, 6.45) is 7.90. The van der Waals surface area contributed by atoms with Crippen molar-refractivity contribution in [1.82, 2.24) is 0 Å². The van der Waals surface area contributed by atoms with Crippen LogP contribution in [0.25, 0.3) is 0 Å². The number of hydrogen-bond acceptors (Lipinski definition) is 1. The number of allylic oxidation sites excluding steroid dienone is 3. The minimum atomic E-state index is 0.730. The molecule has 0 aromatic rings. The van der Waals surface area contributed by atoms with Gasteiger partial charge in [-0.2, -0.15) is 0 Å². The van der Waals surface area contributed by atoms with Gasteiger partial charge in [-0.05, 0) is 43.8 Å². The Hall–Kier alpha value is -0.720. The van der Waals surface area contributed by atoms with Crippen molar-refractivity contribution in [2.24, 2.45) is 5.92 Å². The molecule has 0 atom stereocenters. The first kappa shape index (κ1) is 10.4. The highest BCUT2D eigenvalue weighted by molar-refractivity contribution is 5.26. The average molecular weight is 180 g/mol. The van der Waals surface area contributed by atoms with Gasteiger partial charge in [0.1, 0.15) is 5.76 Å². The lowest BCUT2D eigenvalue weighted by Gasteiger charge is -2.15. The predicted octanol–water partition coefficient (Wildman–Crippen LogP) is 3.67. The molecule has 0 radical (unpaired) electrons. The van der Waals surface area contributed by atoms with Crippen LogP contribution in [0.15, 0.2) is 23.5 Å². The molecule has 1 aliphatic carbocycles. The molecule has 0 fully saturated rings. The molecule has 1 nitrogen and oxygen atoms in total. The standard InChI is InChI=1S/C12H20O/c1-10(2)8-9-13-12-7-5-4-6-11(12)3/h6-7,10H,4-5,8-9H2,1-3H3. The maximum atomic E-state index is 5.70. The van der Waals surface area contributed by atoms with Crippen LogP contribution in [0.3, 0.4) is 0 Å². The summed E-state index contributed by atoms with van der Waals surface area (Å²) < 4.78 is 5.70. The van der Waals surface area contributed by atoms with E-state index in [2.05, 4.69) is 32.9 Å². The van der Waals surface area contributed by atoms with Crippen LogP contribution in [0.4, 0.5) is 0 Å². The topological polar surface area (TPSA) is 9.23 Å². The molecule has 0 unspecified atom stereocenters. The van der Waals surface area contributed by atoms with E-state index >= 15 is 0 Å². The minimum Gasteiger partial charge on any atom is -0.494 e. The molecule has 1 rings (SSSR count). The van der Waals surface area contributed by atoms with Crippen LogP contribution < -0.4 is 0 Å². The van der Waals surface area contributed by atoms with E-state index < -0.39 is 0 Å². The van der Waals surface area contributed by atoms with E-state index in [1.807, 2.05) is 0 Å². The second kappa shape index (κ2) is 5.11. The maximum absolute atomic E-state index is 5.70. The van der Waals surface area contributed by atoms with Crippen LogP contribution in [0.5, 0.6) is 0 Å². The zero-order chi connectivity index (χ0) is 9.68. The van der Waals surface area contributed by atoms with E-state index in [1.54, 1.807) is 0 Å². The fourth-order valence-electron chi connectivity index (χ4n) is 1.35. The highest BCUT2D eigenvalue weighted by Gasteiger charge is 2.05. The Morgan fingerprint density at radius 2 is 2.00 bits per heavy atom. The van der Waals surface area contributed by atoms with Gasteiger partial charge >= 0.3 is 0 Å². The second-order valence-corrected chi connectivity index (χ2v) is 4.06. The molecule has 0 aromatic carbocycles. The van der Waals surface area contributed by atoms with Gasteiger partial charge in [0.05, 0.1) is 6.61 Å². The molecule has 0 saturated heterocycles. The van der Waals surface area contributed by atoms with Gasteiger partial charge in [0.2, 0.25) is 0 Å². The largest absolute Gasteiger partial charge is 0.494 e. The summed E-state index contributed by atoms with van der Waals surface area (Å²) in [5.41, 5.74) is 1.30. The summed E-state index contributed by atoms with van der Waals surface area (Å²) in [5.74, 6) is 1.83. The van der Waals surface area contributed by atoms with E-state index in [0.717, 1.165) is 31.1 Å². The van der Waals surface area contributed by atoms with E-state index in [0.29, 0.717) is 0 Å². The van der Waals surface area contributed by atoms with Crippen LogP contribution in [0.1, 0.15) is 40.0 Å². The summed E-state index contributed by atoms with van der Waals surface area (Å²) >= 11 is 0. The lowest BCUT2D eigenvalue weighted by atomic mass is 10.1. The third kappa shape index (κ3) is 3.67. The van der Waals surface area contributed by atoms with Crippen molar-refractivity contribution in [3.8, 4) is 0 Å². The Bertz CT molecular complexity index is 211. The van der Waals surface area contributed by atoms with E-state index in [9.17, 15) is 0 Å². The Morgan fingerprint density at radius 3 is 2.62 bits per heavy atom. The van der Waals surface area contributed by atoms with Crippen molar-refractivity contribution < 1.29 is 4.74 Å². The molecule has 13 heavy (non-hydrogen) atoms. The molecule has 0 amide bonds. The van der Waals surface area contributed by atoms with Gasteiger partial charge in [0, 0.05) is 0 Å². The molecule has 0 saturated carbocycles. The third-order valence-corrected chi connectivity index (χ3v) is 2.29. The fraction of sp³-hybridized carbons (Fsp3) is 0.667. The first-order valence-corrected chi connectivity index (χ1v) is 5.20. The van der Waals surface area contributed by atoms with Crippen molar-refractivity contribution in [2.45, 2.75) is 40.0 Å². The summed E-state index contributed by atoms with van der Waals surface area (Å²) in [5, 5.41) is 0. The number of ether oxygens (including phenoxy) is 1. The summed E-state index contributed by atoms with van der Waals surface area (Å²) in [6.45, 7) is 7.43. The molecular weight excluding hydrogens is 160 g/mol. The molecule has 0 N–H and O–H groups in total. The Morgan fingerprint density at radius 1 is 1.31 bits per heavy atom. The quantitative estimate of drug-likeness (QED) is 0.641. The smallest absolute Gasteiger partial charge is 0.117 e. The first-order chi connectivity index (χ1) is 6.20. The molecular formula is C12H20O. The zero-order valence-electron chi connectivity index (χ0n) is 8.97. The van der Waals surface area contributed by atoms with Crippen LogP contribution in [-0.4, -0.2) is 6.61 Å². The highest BCUT2D eigenvalue weighted by atomic mass is 16.5. The van der Waals surface area contributed by atoms with Crippen LogP contribution in [-0.2, 0) is 4.74 Å². The van der Waals surface area contributed by atoms with E-state index in [1.165, 1.54) is 12.0 Å². The third-order valence-electron chi connectivity index (χ3n) is 2.29. The number of rotatable bonds is 4. The molecule has 74 valence electrons. The van der Waals surface area contributed by atoms with E-state index in [4.69, 9.17) is 4.74 Å². The lowest BCUT2D eigenvalue weighted by molar-refractivity contribution is 0.200. The molecule has 0 heterocycles. The predicted molar refractivity (Wildman–Crippen MR) is 56.5 cm³/mol. The SMILES string of the molecule is CC1=CCCC=C1OCCC(C)C. The molecule has 0 spiro atoms. The zero-order valence-corrected chi connectivity index (χ0v) is 8.97. The maximum Gasteiger partial charge on any atom is 0.117 e. The van der Waals surface area contributed by atoms with Gasteiger partial charge in [-0.1, -0.05) is 19.9 Å². The minimum absolute atomic E-state index is 0.730. The van der Waals surface area contributed by atoms with E-state index in [-0.39, 0.29) is 0 Å². The van der Waals surface area contributed by atoms with Gasteiger partial charge < -0.3 is 4.74 Å². The van der Waals surface area contributed by atoms with Gasteiger partial charge in [-0.25, -0.2) is 0 Å². The van der Waals surface area contributed by atoms with Crippen LogP contribution >= 0.6 is 0 Å². The van der Waals surface area contributed by atoms with Gasteiger partial charge in [0.25, 0.3) is 0 Å². The van der Waals surface area contributed by atoms with Crippen molar-refractivity contribution in [2.75, 3.05) is 6.61 Å². The van der Waals surface area contributed by atoms with Gasteiger partial charge in [0.15, 0.2) is 0 Å². The highest BCUT2D eigenvalue weighted by Crippen LogP contribution is 2.19. The number of hydrogen-bond donors (Lipinski definition) is 0. The Balaban J connectivity index is 2.28. The molecule has 0 aliphatic heterocycles. The summed E-state index contributed by atoms with van der Waals surface area (Å²) in [7, 11) is 0. The molecule has 1 heteroatoms. The van der Waals surface area contributed by atoms with Gasteiger partial charge in [-0.15, -0.1) is 0 Å². The summed E-state index contributed by atoms with van der Waals surface area (Å²) in [4.78, 5) is 0. The molecule has 1 aliphatic rings. The van der Waals surface area contributed by atoms with Crippen molar-refractivity contribution in [3.05, 3.63) is 23.5 Å². The normalized spacial score (nSPS) is 16.9. The van der Waals surface area contributed by atoms with Crippen molar-refractivity contribution in [1.29, 1.82) is 0 Å². The van der Waals surface area contributed by atoms with Crippen LogP contribution in [0, 0.1) is 5.92 Å². The van der Waals surface area contributed by atoms with Gasteiger partial charge in [-0.3, -0.25) is 0 Å². The Labute approximate surface area is 81.5 Å². The summed E-state index contributed by atoms with van der Waals surface area (Å²) in [6, 6.07) is 0. The monoisotopic (exact) mass is 180 g/mol. The fourth-order valence-corrected chi connectivity index (χ4v) is 1.35. The van der Waals surface area contributed by atoms with Crippen LogP contribution in [0.2, 0.25) is 0 Å². The molecule has 0 aromatic heterocycles. The average Bonchev–Trinajstić information content (AvgIpc) is 2.08. The van der Waals surface area contributed by atoms with Crippen molar-refractivity contribution >= 4 is 0 Å². The van der Waals surface area contributed by atoms with Crippen molar-refractivity contribution in [3.63, 3.8) is 0 Å². The first-order valence-electron chi connectivity index (χ1n) is 5.20. The lowest BCUT2D eigenvalue weighted by Crippen LogP contribution is -2.02. The Kier molecular flexibility index (Phi) is 4.07. The molecule has 0 bridgehead atoms.